The summed E-state index contributed by atoms with van der Waals surface area (Å²) in [7, 11) is 5.67. The first-order valence-electron chi connectivity index (χ1n) is 5.81. The number of methoxy groups -OCH3 is 1. The van der Waals surface area contributed by atoms with Gasteiger partial charge < -0.3 is 14.2 Å². The Labute approximate surface area is 102 Å². The highest BCUT2D eigenvalue weighted by Crippen LogP contribution is 2.33. The van der Waals surface area contributed by atoms with Gasteiger partial charge in [-0.2, -0.15) is 0 Å². The van der Waals surface area contributed by atoms with E-state index in [0.717, 1.165) is 23.5 Å². The number of fused-ring (bicyclic) bond motifs is 1. The van der Waals surface area contributed by atoms with Crippen molar-refractivity contribution >= 4 is 0 Å². The van der Waals surface area contributed by atoms with Gasteiger partial charge in [0.2, 0.25) is 0 Å². The summed E-state index contributed by atoms with van der Waals surface area (Å²) in [6, 6.07) is 5.96. The van der Waals surface area contributed by atoms with Crippen molar-refractivity contribution in [2.45, 2.75) is 12.6 Å². The van der Waals surface area contributed by atoms with Crippen LogP contribution in [-0.2, 0) is 4.74 Å². The number of benzene rings is 1. The van der Waals surface area contributed by atoms with E-state index in [9.17, 15) is 0 Å². The maximum absolute atomic E-state index is 5.66. The van der Waals surface area contributed by atoms with Crippen molar-refractivity contribution in [2.75, 3.05) is 34.4 Å². The largest absolute Gasteiger partial charge is 0.490 e. The van der Waals surface area contributed by atoms with E-state index in [0.29, 0.717) is 13.2 Å². The lowest BCUT2D eigenvalue weighted by Crippen LogP contribution is -2.21. The molecule has 0 radical (unpaired) electrons. The third kappa shape index (κ3) is 2.70. The van der Waals surface area contributed by atoms with Gasteiger partial charge in [0.1, 0.15) is 6.23 Å². The van der Waals surface area contributed by atoms with Gasteiger partial charge in [-0.3, -0.25) is 4.90 Å². The van der Waals surface area contributed by atoms with Crippen LogP contribution in [0.4, 0.5) is 0 Å². The predicted octanol–water partition coefficient (Wildman–Crippen LogP) is 2.05. The van der Waals surface area contributed by atoms with Crippen molar-refractivity contribution < 1.29 is 14.2 Å². The van der Waals surface area contributed by atoms with Crippen molar-refractivity contribution in [1.29, 1.82) is 0 Å². The summed E-state index contributed by atoms with van der Waals surface area (Å²) in [6.45, 7) is 1.42. The zero-order valence-electron chi connectivity index (χ0n) is 10.6. The molecule has 17 heavy (non-hydrogen) atoms. The van der Waals surface area contributed by atoms with Gasteiger partial charge in [0.05, 0.1) is 13.2 Å². The first kappa shape index (κ1) is 12.2. The number of rotatable bonds is 3. The van der Waals surface area contributed by atoms with Gasteiger partial charge in [-0.1, -0.05) is 6.07 Å². The average molecular weight is 237 g/mol. The minimum Gasteiger partial charge on any atom is -0.490 e. The summed E-state index contributed by atoms with van der Waals surface area (Å²) >= 11 is 0. The summed E-state index contributed by atoms with van der Waals surface area (Å²) in [5.74, 6) is 1.63. The molecule has 1 aromatic rings. The molecule has 0 bridgehead atoms. The Kier molecular flexibility index (Phi) is 3.86. The van der Waals surface area contributed by atoms with E-state index in [4.69, 9.17) is 14.2 Å². The molecule has 1 atom stereocenters. The highest BCUT2D eigenvalue weighted by atomic mass is 16.5. The highest BCUT2D eigenvalue weighted by Gasteiger charge is 2.17. The van der Waals surface area contributed by atoms with E-state index in [2.05, 4.69) is 0 Å². The molecule has 0 saturated heterocycles. The lowest BCUT2D eigenvalue weighted by atomic mass is 10.1. The Morgan fingerprint density at radius 3 is 2.53 bits per heavy atom. The second-order valence-electron chi connectivity index (χ2n) is 4.31. The van der Waals surface area contributed by atoms with Crippen molar-refractivity contribution in [3.63, 3.8) is 0 Å². The number of hydrogen-bond acceptors (Lipinski definition) is 4. The van der Waals surface area contributed by atoms with Crippen LogP contribution in [0.15, 0.2) is 18.2 Å². The van der Waals surface area contributed by atoms with E-state index >= 15 is 0 Å². The summed E-state index contributed by atoms with van der Waals surface area (Å²) in [4.78, 5) is 2.01. The van der Waals surface area contributed by atoms with Crippen LogP contribution >= 0.6 is 0 Å². The van der Waals surface area contributed by atoms with E-state index in [1.54, 1.807) is 7.11 Å². The number of ether oxygens (including phenoxy) is 3. The maximum Gasteiger partial charge on any atom is 0.161 e. The maximum atomic E-state index is 5.66. The normalized spacial score (nSPS) is 16.7. The quantitative estimate of drug-likeness (QED) is 0.753. The molecule has 0 aromatic heterocycles. The monoisotopic (exact) mass is 237 g/mol. The lowest BCUT2D eigenvalue weighted by molar-refractivity contribution is -0.00556. The van der Waals surface area contributed by atoms with Gasteiger partial charge >= 0.3 is 0 Å². The van der Waals surface area contributed by atoms with Crippen molar-refractivity contribution in [3.8, 4) is 11.5 Å². The van der Waals surface area contributed by atoms with Crippen LogP contribution in [0.5, 0.6) is 11.5 Å². The molecule has 0 amide bonds. The molecule has 0 fully saturated rings. The zero-order chi connectivity index (χ0) is 12.3. The highest BCUT2D eigenvalue weighted by molar-refractivity contribution is 5.43. The summed E-state index contributed by atoms with van der Waals surface area (Å²) in [5.41, 5.74) is 1.07. The van der Waals surface area contributed by atoms with Crippen LogP contribution in [0.3, 0.4) is 0 Å². The second kappa shape index (κ2) is 5.38. The van der Waals surface area contributed by atoms with Crippen molar-refractivity contribution in [1.82, 2.24) is 4.90 Å². The Hall–Kier alpha value is -1.26. The molecular weight excluding hydrogens is 218 g/mol. The third-order valence-corrected chi connectivity index (χ3v) is 2.75. The standard InChI is InChI=1S/C13H19NO3/c1-14(2)13(15-3)10-5-6-11-12(9-10)17-8-4-7-16-11/h5-6,9,13H,4,7-8H2,1-3H3. The number of hydrogen-bond donors (Lipinski definition) is 0. The second-order valence-corrected chi connectivity index (χ2v) is 4.31. The molecule has 0 N–H and O–H groups in total. The molecule has 1 aliphatic rings. The van der Waals surface area contributed by atoms with Gasteiger partial charge in [-0.25, -0.2) is 0 Å². The van der Waals surface area contributed by atoms with Gasteiger partial charge in [0.25, 0.3) is 0 Å². The SMILES string of the molecule is COC(c1ccc2c(c1)OCCCO2)N(C)C. The minimum atomic E-state index is -0.0628. The van der Waals surface area contributed by atoms with Gasteiger partial charge in [-0.05, 0) is 31.8 Å². The Balaban J connectivity index is 2.28. The predicted molar refractivity (Wildman–Crippen MR) is 65.5 cm³/mol. The van der Waals surface area contributed by atoms with Crippen LogP contribution in [0.1, 0.15) is 18.2 Å². The summed E-state index contributed by atoms with van der Waals surface area (Å²) in [6.07, 6.45) is 0.859. The van der Waals surface area contributed by atoms with Crippen LogP contribution in [-0.4, -0.2) is 39.3 Å². The molecule has 0 saturated carbocycles. The first-order valence-corrected chi connectivity index (χ1v) is 5.81. The molecule has 2 rings (SSSR count). The van der Waals surface area contributed by atoms with E-state index in [1.165, 1.54) is 0 Å². The Morgan fingerprint density at radius 1 is 1.18 bits per heavy atom. The fraction of sp³-hybridized carbons (Fsp3) is 0.538. The minimum absolute atomic E-state index is 0.0628. The molecule has 4 nitrogen and oxygen atoms in total. The zero-order valence-corrected chi connectivity index (χ0v) is 10.6. The van der Waals surface area contributed by atoms with Crippen LogP contribution in [0.25, 0.3) is 0 Å². The van der Waals surface area contributed by atoms with E-state index in [-0.39, 0.29) is 6.23 Å². The van der Waals surface area contributed by atoms with Crippen LogP contribution in [0, 0.1) is 0 Å². The molecule has 1 aromatic carbocycles. The summed E-state index contributed by atoms with van der Waals surface area (Å²) < 4.78 is 16.7. The topological polar surface area (TPSA) is 30.9 Å². The van der Waals surface area contributed by atoms with E-state index < -0.39 is 0 Å². The summed E-state index contributed by atoms with van der Waals surface area (Å²) in [5, 5.41) is 0. The average Bonchev–Trinajstić information content (AvgIpc) is 2.54. The smallest absolute Gasteiger partial charge is 0.161 e. The van der Waals surface area contributed by atoms with Crippen LogP contribution < -0.4 is 9.47 Å². The fourth-order valence-electron chi connectivity index (χ4n) is 1.98. The van der Waals surface area contributed by atoms with Crippen molar-refractivity contribution in [2.24, 2.45) is 0 Å². The molecule has 1 unspecified atom stereocenters. The Bertz CT molecular complexity index is 379. The third-order valence-electron chi connectivity index (χ3n) is 2.75. The molecular formula is C13H19NO3. The number of nitrogens with zero attached hydrogens (tertiary/aromatic N) is 1. The van der Waals surface area contributed by atoms with Gasteiger partial charge in [-0.15, -0.1) is 0 Å². The molecule has 0 aliphatic carbocycles. The van der Waals surface area contributed by atoms with E-state index in [1.807, 2.05) is 37.2 Å². The molecule has 0 spiro atoms. The fourth-order valence-corrected chi connectivity index (χ4v) is 1.98. The molecule has 1 aliphatic heterocycles. The molecule has 94 valence electrons. The van der Waals surface area contributed by atoms with Gasteiger partial charge in [0.15, 0.2) is 11.5 Å². The lowest BCUT2D eigenvalue weighted by Gasteiger charge is -2.23. The van der Waals surface area contributed by atoms with Gasteiger partial charge in [0, 0.05) is 13.5 Å². The molecule has 4 heteroatoms. The molecule has 1 heterocycles. The van der Waals surface area contributed by atoms with Crippen LogP contribution in [0.2, 0.25) is 0 Å². The Morgan fingerprint density at radius 2 is 1.88 bits per heavy atom. The van der Waals surface area contributed by atoms with Crippen molar-refractivity contribution in [3.05, 3.63) is 23.8 Å². The first-order chi connectivity index (χ1) is 8.22.